The fourth-order valence-electron chi connectivity index (χ4n) is 2.67. The van der Waals surface area contributed by atoms with Crippen LogP contribution in [-0.4, -0.2) is 71.6 Å². The molecule has 1 fully saturated rings. The molecular formula is C14H20ClN5O2S. The highest BCUT2D eigenvalue weighted by atomic mass is 35.5. The van der Waals surface area contributed by atoms with Crippen LogP contribution in [0.1, 0.15) is 5.69 Å². The number of nitrogens with zero attached hydrogens (tertiary/aromatic N) is 5. The predicted molar refractivity (Wildman–Crippen MR) is 89.7 cm³/mol. The first-order valence-electron chi connectivity index (χ1n) is 7.39. The maximum absolute atomic E-state index is 12.1. The number of pyridine rings is 1. The van der Waals surface area contributed by atoms with E-state index in [1.807, 2.05) is 28.9 Å². The Morgan fingerprint density at radius 3 is 2.52 bits per heavy atom. The first-order chi connectivity index (χ1) is 10.9. The molecule has 9 heteroatoms. The lowest BCUT2D eigenvalue weighted by atomic mass is 10.3. The van der Waals surface area contributed by atoms with Crippen molar-refractivity contribution >= 4 is 27.5 Å². The van der Waals surface area contributed by atoms with Crippen LogP contribution in [0.4, 0.5) is 0 Å². The standard InChI is InChI=1S/C14H20ClN5O2S/c1-17(2)23(21,22)20-7-5-18(6-8-20)10-13-11-19-9-12(15)3-4-14(19)16-13/h3-4,9,11H,5-8,10H2,1-2H3. The number of aromatic nitrogens is 2. The monoisotopic (exact) mass is 357 g/mol. The van der Waals surface area contributed by atoms with Crippen LogP contribution >= 0.6 is 11.6 Å². The van der Waals surface area contributed by atoms with E-state index in [0.29, 0.717) is 37.7 Å². The molecule has 0 aliphatic carbocycles. The fraction of sp³-hybridized carbons (Fsp3) is 0.500. The zero-order chi connectivity index (χ0) is 16.6. The summed E-state index contributed by atoms with van der Waals surface area (Å²) in [6.45, 7) is 3.10. The lowest BCUT2D eigenvalue weighted by Gasteiger charge is -2.34. The van der Waals surface area contributed by atoms with E-state index in [2.05, 4.69) is 9.88 Å². The van der Waals surface area contributed by atoms with E-state index in [0.717, 1.165) is 11.3 Å². The summed E-state index contributed by atoms with van der Waals surface area (Å²) in [5.41, 5.74) is 1.81. The van der Waals surface area contributed by atoms with Crippen LogP contribution in [0.3, 0.4) is 0 Å². The van der Waals surface area contributed by atoms with E-state index in [1.165, 1.54) is 8.61 Å². The van der Waals surface area contributed by atoms with Crippen molar-refractivity contribution in [2.45, 2.75) is 6.54 Å². The highest BCUT2D eigenvalue weighted by molar-refractivity contribution is 7.86. The van der Waals surface area contributed by atoms with Gasteiger partial charge in [0.1, 0.15) is 5.65 Å². The Balaban J connectivity index is 1.64. The summed E-state index contributed by atoms with van der Waals surface area (Å²) in [6.07, 6.45) is 3.79. The molecule has 126 valence electrons. The van der Waals surface area contributed by atoms with Gasteiger partial charge in [0, 0.05) is 59.2 Å². The number of hydrogen-bond acceptors (Lipinski definition) is 4. The predicted octanol–water partition coefficient (Wildman–Crippen LogP) is 0.912. The number of piperazine rings is 1. The Bertz CT molecular complexity index is 797. The number of imidazole rings is 1. The third-order valence-electron chi connectivity index (χ3n) is 3.97. The highest BCUT2D eigenvalue weighted by Crippen LogP contribution is 2.15. The summed E-state index contributed by atoms with van der Waals surface area (Å²) in [5.74, 6) is 0. The van der Waals surface area contributed by atoms with Crippen molar-refractivity contribution in [3.8, 4) is 0 Å². The van der Waals surface area contributed by atoms with Gasteiger partial charge < -0.3 is 4.40 Å². The molecule has 0 radical (unpaired) electrons. The van der Waals surface area contributed by atoms with Crippen LogP contribution in [0.5, 0.6) is 0 Å². The minimum absolute atomic E-state index is 0.500. The Labute approximate surface area is 141 Å². The van der Waals surface area contributed by atoms with E-state index in [-0.39, 0.29) is 0 Å². The van der Waals surface area contributed by atoms with Gasteiger partial charge in [-0.05, 0) is 12.1 Å². The number of halogens is 1. The van der Waals surface area contributed by atoms with Gasteiger partial charge in [-0.2, -0.15) is 17.0 Å². The summed E-state index contributed by atoms with van der Waals surface area (Å²) in [4.78, 5) is 6.78. The van der Waals surface area contributed by atoms with Gasteiger partial charge in [-0.15, -0.1) is 0 Å². The van der Waals surface area contributed by atoms with Gasteiger partial charge in [0.2, 0.25) is 0 Å². The lowest BCUT2D eigenvalue weighted by molar-refractivity contribution is 0.176. The molecule has 3 rings (SSSR count). The van der Waals surface area contributed by atoms with Crippen molar-refractivity contribution in [3.63, 3.8) is 0 Å². The normalized spacial score (nSPS) is 18.1. The first-order valence-corrected chi connectivity index (χ1v) is 9.17. The maximum atomic E-state index is 12.1. The van der Waals surface area contributed by atoms with Crippen LogP contribution in [0.2, 0.25) is 5.02 Å². The van der Waals surface area contributed by atoms with Crippen molar-refractivity contribution < 1.29 is 8.42 Å². The Morgan fingerprint density at radius 2 is 1.87 bits per heavy atom. The van der Waals surface area contributed by atoms with Crippen LogP contribution < -0.4 is 0 Å². The summed E-state index contributed by atoms with van der Waals surface area (Å²) in [7, 11) is -0.198. The number of fused-ring (bicyclic) bond motifs is 1. The molecule has 7 nitrogen and oxygen atoms in total. The van der Waals surface area contributed by atoms with Gasteiger partial charge in [-0.1, -0.05) is 11.6 Å². The molecule has 0 spiro atoms. The minimum Gasteiger partial charge on any atom is -0.305 e. The molecule has 23 heavy (non-hydrogen) atoms. The molecule has 0 aromatic carbocycles. The number of rotatable bonds is 4. The summed E-state index contributed by atoms with van der Waals surface area (Å²) >= 11 is 5.98. The third-order valence-corrected chi connectivity index (χ3v) is 6.13. The molecule has 2 aromatic heterocycles. The molecule has 2 aromatic rings. The molecule has 0 atom stereocenters. The quantitative estimate of drug-likeness (QED) is 0.816. The van der Waals surface area contributed by atoms with Crippen molar-refractivity contribution in [1.82, 2.24) is 22.9 Å². The highest BCUT2D eigenvalue weighted by Gasteiger charge is 2.28. The molecule has 0 saturated carbocycles. The minimum atomic E-state index is -3.32. The van der Waals surface area contributed by atoms with Gasteiger partial charge in [-0.25, -0.2) is 4.98 Å². The van der Waals surface area contributed by atoms with Gasteiger partial charge in [0.15, 0.2) is 0 Å². The van der Waals surface area contributed by atoms with Gasteiger partial charge >= 0.3 is 0 Å². The Hall–Kier alpha value is -1.19. The fourth-order valence-corrected chi connectivity index (χ4v) is 3.93. The van der Waals surface area contributed by atoms with Crippen LogP contribution in [0, 0.1) is 0 Å². The van der Waals surface area contributed by atoms with Gasteiger partial charge in [0.05, 0.1) is 10.7 Å². The SMILES string of the molecule is CN(C)S(=O)(=O)N1CCN(Cc2cn3cc(Cl)ccc3n2)CC1. The van der Waals surface area contributed by atoms with E-state index in [9.17, 15) is 8.42 Å². The zero-order valence-electron chi connectivity index (χ0n) is 13.2. The molecule has 1 aliphatic heterocycles. The summed E-state index contributed by atoms with van der Waals surface area (Å²) in [6, 6.07) is 3.70. The van der Waals surface area contributed by atoms with Crippen LogP contribution in [0.15, 0.2) is 24.5 Å². The van der Waals surface area contributed by atoms with Crippen molar-refractivity contribution in [2.24, 2.45) is 0 Å². The maximum Gasteiger partial charge on any atom is 0.281 e. The molecule has 0 unspecified atom stereocenters. The van der Waals surface area contributed by atoms with Gasteiger partial charge in [0.25, 0.3) is 10.2 Å². The Morgan fingerprint density at radius 1 is 1.17 bits per heavy atom. The molecular weight excluding hydrogens is 338 g/mol. The van der Waals surface area contributed by atoms with E-state index >= 15 is 0 Å². The largest absolute Gasteiger partial charge is 0.305 e. The molecule has 3 heterocycles. The molecule has 0 bridgehead atoms. The third kappa shape index (κ3) is 3.51. The smallest absolute Gasteiger partial charge is 0.281 e. The van der Waals surface area contributed by atoms with Crippen LogP contribution in [-0.2, 0) is 16.8 Å². The lowest BCUT2D eigenvalue weighted by Crippen LogP contribution is -2.51. The zero-order valence-corrected chi connectivity index (χ0v) is 14.8. The topological polar surface area (TPSA) is 61.2 Å². The molecule has 0 N–H and O–H groups in total. The Kier molecular flexibility index (Phi) is 4.61. The summed E-state index contributed by atoms with van der Waals surface area (Å²) < 4.78 is 28.9. The second-order valence-corrected chi connectivity index (χ2v) is 8.39. The first kappa shape index (κ1) is 16.7. The van der Waals surface area contributed by atoms with Crippen LogP contribution in [0.25, 0.3) is 5.65 Å². The average molecular weight is 358 g/mol. The van der Waals surface area contributed by atoms with Crippen molar-refractivity contribution in [2.75, 3.05) is 40.3 Å². The average Bonchev–Trinajstić information content (AvgIpc) is 2.89. The van der Waals surface area contributed by atoms with E-state index in [1.54, 1.807) is 14.1 Å². The molecule has 0 amide bonds. The molecule has 1 aliphatic rings. The van der Waals surface area contributed by atoms with Crippen molar-refractivity contribution in [1.29, 1.82) is 0 Å². The van der Waals surface area contributed by atoms with E-state index in [4.69, 9.17) is 11.6 Å². The second-order valence-electron chi connectivity index (χ2n) is 5.81. The second kappa shape index (κ2) is 6.37. The molecule has 1 saturated heterocycles. The number of hydrogen-bond donors (Lipinski definition) is 0. The summed E-state index contributed by atoms with van der Waals surface area (Å²) in [5, 5.41) is 0.670. The van der Waals surface area contributed by atoms with Crippen molar-refractivity contribution in [3.05, 3.63) is 35.2 Å². The van der Waals surface area contributed by atoms with E-state index < -0.39 is 10.2 Å². The van der Waals surface area contributed by atoms with Gasteiger partial charge in [-0.3, -0.25) is 4.90 Å².